The van der Waals surface area contributed by atoms with E-state index in [1.165, 1.54) is 24.2 Å². The number of nitrogens with one attached hydrogen (secondary N) is 2. The van der Waals surface area contributed by atoms with Crippen LogP contribution in [0, 0.1) is 11.8 Å². The van der Waals surface area contributed by atoms with Gasteiger partial charge in [0, 0.05) is 19.1 Å². The van der Waals surface area contributed by atoms with Crippen LogP contribution >= 0.6 is 0 Å². The van der Waals surface area contributed by atoms with E-state index in [2.05, 4.69) is 24.5 Å². The normalized spacial score (nSPS) is 33.4. The van der Waals surface area contributed by atoms with Crippen LogP contribution in [0.2, 0.25) is 0 Å². The minimum absolute atomic E-state index is 0.131. The third-order valence-corrected chi connectivity index (χ3v) is 4.70. The first-order valence-electron chi connectivity index (χ1n) is 7.70. The fourth-order valence-corrected chi connectivity index (χ4v) is 3.45. The van der Waals surface area contributed by atoms with Crippen molar-refractivity contribution >= 4 is 11.9 Å². The van der Waals surface area contributed by atoms with Gasteiger partial charge in [0.15, 0.2) is 0 Å². The Labute approximate surface area is 121 Å². The molecule has 1 saturated heterocycles. The number of carbonyl (C=O) groups excluding carboxylic acids is 2. The second-order valence-corrected chi connectivity index (χ2v) is 6.88. The molecule has 2 atom stereocenters. The third kappa shape index (κ3) is 2.97. The molecule has 1 aliphatic heterocycles. The fourth-order valence-electron chi connectivity index (χ4n) is 3.45. The highest BCUT2D eigenvalue weighted by molar-refractivity contribution is 6.06. The summed E-state index contributed by atoms with van der Waals surface area (Å²) >= 11 is 0. The van der Waals surface area contributed by atoms with Crippen LogP contribution in [-0.2, 0) is 4.79 Å². The van der Waals surface area contributed by atoms with Gasteiger partial charge in [0.25, 0.3) is 5.91 Å². The molecule has 2 aliphatic rings. The lowest BCUT2D eigenvalue weighted by Crippen LogP contribution is -2.47. The largest absolute Gasteiger partial charge is 0.325 e. The van der Waals surface area contributed by atoms with Gasteiger partial charge in [-0.15, -0.1) is 0 Å². The summed E-state index contributed by atoms with van der Waals surface area (Å²) in [6.07, 6.45) is 3.83. The number of amides is 3. The highest BCUT2D eigenvalue weighted by Gasteiger charge is 2.43. The van der Waals surface area contributed by atoms with Crippen molar-refractivity contribution in [3.63, 3.8) is 0 Å². The Morgan fingerprint density at radius 1 is 1.25 bits per heavy atom. The number of nitrogens with zero attached hydrogens (tertiary/aromatic N) is 1. The van der Waals surface area contributed by atoms with Crippen molar-refractivity contribution in [3.05, 3.63) is 0 Å². The van der Waals surface area contributed by atoms with Gasteiger partial charge in [-0.1, -0.05) is 20.3 Å². The lowest BCUT2D eigenvalue weighted by atomic mass is 9.79. The first-order valence-corrected chi connectivity index (χ1v) is 7.70. The minimum Gasteiger partial charge on any atom is -0.324 e. The first-order chi connectivity index (χ1) is 9.33. The average molecular weight is 281 g/mol. The van der Waals surface area contributed by atoms with Crippen LogP contribution in [0.5, 0.6) is 0 Å². The second-order valence-electron chi connectivity index (χ2n) is 6.88. The van der Waals surface area contributed by atoms with Crippen molar-refractivity contribution in [1.29, 1.82) is 0 Å². The predicted molar refractivity (Wildman–Crippen MR) is 78.3 cm³/mol. The van der Waals surface area contributed by atoms with E-state index in [1.807, 2.05) is 0 Å². The molecule has 1 saturated carbocycles. The Morgan fingerprint density at radius 3 is 2.35 bits per heavy atom. The molecule has 0 aromatic heterocycles. The summed E-state index contributed by atoms with van der Waals surface area (Å²) in [5.74, 6) is 1.20. The van der Waals surface area contributed by atoms with E-state index in [-0.39, 0.29) is 11.9 Å². The average Bonchev–Trinajstić information content (AvgIpc) is 2.54. The molecule has 1 aliphatic carbocycles. The van der Waals surface area contributed by atoms with E-state index in [4.69, 9.17) is 0 Å². The van der Waals surface area contributed by atoms with Crippen LogP contribution in [0.15, 0.2) is 0 Å². The van der Waals surface area contributed by atoms with Crippen LogP contribution in [0.25, 0.3) is 0 Å². The highest BCUT2D eigenvalue weighted by atomic mass is 16.2. The molecular weight excluding hydrogens is 254 g/mol. The lowest BCUT2D eigenvalue weighted by molar-refractivity contribution is -0.130. The number of urea groups is 1. The molecule has 2 N–H and O–H groups in total. The summed E-state index contributed by atoms with van der Waals surface area (Å²) in [7, 11) is 0. The van der Waals surface area contributed by atoms with Crippen molar-refractivity contribution in [3.8, 4) is 0 Å². The molecule has 20 heavy (non-hydrogen) atoms. The van der Waals surface area contributed by atoms with Crippen LogP contribution in [0.1, 0.15) is 47.0 Å². The van der Waals surface area contributed by atoms with Gasteiger partial charge in [-0.2, -0.15) is 0 Å². The van der Waals surface area contributed by atoms with Gasteiger partial charge >= 0.3 is 6.03 Å². The molecule has 0 spiro atoms. The second kappa shape index (κ2) is 5.72. The topological polar surface area (TPSA) is 61.4 Å². The molecular formula is C15H27N3O2. The maximum atomic E-state index is 12.1. The maximum Gasteiger partial charge on any atom is 0.325 e. The lowest BCUT2D eigenvalue weighted by Gasteiger charge is -2.35. The van der Waals surface area contributed by atoms with Crippen molar-refractivity contribution in [2.24, 2.45) is 11.8 Å². The Kier molecular flexibility index (Phi) is 4.37. The maximum absolute atomic E-state index is 12.1. The Balaban J connectivity index is 1.84. The van der Waals surface area contributed by atoms with Gasteiger partial charge in [-0.05, 0) is 38.5 Å². The number of rotatable bonds is 4. The number of hydrogen-bond acceptors (Lipinski definition) is 3. The Morgan fingerprint density at radius 2 is 1.85 bits per heavy atom. The molecule has 3 amide bonds. The Bertz CT molecular complexity index is 385. The zero-order valence-electron chi connectivity index (χ0n) is 13.0. The Hall–Kier alpha value is -1.10. The SMILES string of the molecule is CC1CCCC(C)C1NCCN1C(=O)NC(C)(C)C1=O. The van der Waals surface area contributed by atoms with Crippen molar-refractivity contribution in [2.75, 3.05) is 13.1 Å². The number of carbonyl (C=O) groups is 2. The summed E-state index contributed by atoms with van der Waals surface area (Å²) < 4.78 is 0. The minimum atomic E-state index is -0.761. The monoisotopic (exact) mass is 281 g/mol. The van der Waals surface area contributed by atoms with Crippen molar-refractivity contribution in [1.82, 2.24) is 15.5 Å². The van der Waals surface area contributed by atoms with E-state index in [9.17, 15) is 9.59 Å². The number of imide groups is 1. The molecule has 114 valence electrons. The number of hydrogen-bond donors (Lipinski definition) is 2. The highest BCUT2D eigenvalue weighted by Crippen LogP contribution is 2.28. The first kappa shape index (κ1) is 15.3. The molecule has 2 rings (SSSR count). The zero-order chi connectivity index (χ0) is 14.9. The molecule has 0 aromatic carbocycles. The third-order valence-electron chi connectivity index (χ3n) is 4.70. The van der Waals surface area contributed by atoms with E-state index < -0.39 is 5.54 Å². The summed E-state index contributed by atoms with van der Waals surface area (Å²) in [6.45, 7) is 9.17. The van der Waals surface area contributed by atoms with Crippen LogP contribution in [-0.4, -0.2) is 41.5 Å². The van der Waals surface area contributed by atoms with E-state index in [0.717, 1.165) is 0 Å². The van der Waals surface area contributed by atoms with Gasteiger partial charge in [-0.3, -0.25) is 9.69 Å². The predicted octanol–water partition coefficient (Wildman–Crippen LogP) is 1.73. The summed E-state index contributed by atoms with van der Waals surface area (Å²) in [5, 5.41) is 6.25. The summed E-state index contributed by atoms with van der Waals surface area (Å²) in [6, 6.07) is 0.226. The molecule has 0 aromatic rings. The molecule has 0 bridgehead atoms. The van der Waals surface area contributed by atoms with Crippen molar-refractivity contribution in [2.45, 2.75) is 58.5 Å². The molecule has 2 unspecified atom stereocenters. The fraction of sp³-hybridized carbons (Fsp3) is 0.867. The van der Waals surface area contributed by atoms with Gasteiger partial charge < -0.3 is 10.6 Å². The van der Waals surface area contributed by atoms with Crippen LogP contribution in [0.3, 0.4) is 0 Å². The van der Waals surface area contributed by atoms with Crippen LogP contribution < -0.4 is 10.6 Å². The summed E-state index contributed by atoms with van der Waals surface area (Å²) in [5.41, 5.74) is -0.761. The quantitative estimate of drug-likeness (QED) is 0.772. The van der Waals surface area contributed by atoms with Crippen LogP contribution in [0.4, 0.5) is 4.79 Å². The van der Waals surface area contributed by atoms with E-state index in [0.29, 0.717) is 31.0 Å². The van der Waals surface area contributed by atoms with E-state index >= 15 is 0 Å². The zero-order valence-corrected chi connectivity index (χ0v) is 13.0. The van der Waals surface area contributed by atoms with E-state index in [1.54, 1.807) is 13.8 Å². The summed E-state index contributed by atoms with van der Waals surface area (Å²) in [4.78, 5) is 25.2. The molecule has 0 radical (unpaired) electrons. The standard InChI is InChI=1S/C15H27N3O2/c1-10-6-5-7-11(2)12(10)16-8-9-18-13(19)15(3,4)17-14(18)20/h10-12,16H,5-9H2,1-4H3,(H,17,20). The van der Waals surface area contributed by atoms with Gasteiger partial charge in [-0.25, -0.2) is 4.79 Å². The molecule has 5 heteroatoms. The molecule has 2 fully saturated rings. The van der Waals surface area contributed by atoms with Gasteiger partial charge in [0.05, 0.1) is 0 Å². The van der Waals surface area contributed by atoms with Gasteiger partial charge in [0.1, 0.15) is 5.54 Å². The molecule has 5 nitrogen and oxygen atoms in total. The van der Waals surface area contributed by atoms with Gasteiger partial charge in [0.2, 0.25) is 0 Å². The smallest absolute Gasteiger partial charge is 0.324 e. The van der Waals surface area contributed by atoms with Crippen molar-refractivity contribution < 1.29 is 9.59 Å². The molecule has 1 heterocycles.